The van der Waals surface area contributed by atoms with E-state index in [-0.39, 0.29) is 11.9 Å². The van der Waals surface area contributed by atoms with Crippen molar-refractivity contribution in [2.45, 2.75) is 65.1 Å². The summed E-state index contributed by atoms with van der Waals surface area (Å²) >= 11 is 0. The van der Waals surface area contributed by atoms with E-state index in [4.69, 9.17) is 0 Å². The number of imide groups is 1. The van der Waals surface area contributed by atoms with E-state index in [1.54, 1.807) is 0 Å². The molecular formula is C15H30N4O2. The van der Waals surface area contributed by atoms with E-state index in [0.29, 0.717) is 18.6 Å². The van der Waals surface area contributed by atoms with Gasteiger partial charge in [0.05, 0.1) is 6.04 Å². The Balaban J connectivity index is 2.65. The van der Waals surface area contributed by atoms with Crippen LogP contribution in [0, 0.1) is 0 Å². The minimum atomic E-state index is -0.414. The molecule has 3 unspecified atom stereocenters. The Hall–Kier alpha value is -1.14. The molecular weight excluding hydrogens is 268 g/mol. The number of likely N-dealkylation sites (tertiary alicyclic amines) is 1. The second-order valence-electron chi connectivity index (χ2n) is 5.67. The summed E-state index contributed by atoms with van der Waals surface area (Å²) in [6, 6.07) is -0.0228. The number of hydrogen-bond acceptors (Lipinski definition) is 4. The molecule has 3 amide bonds. The highest BCUT2D eigenvalue weighted by Crippen LogP contribution is 2.22. The van der Waals surface area contributed by atoms with Crippen molar-refractivity contribution in [3.63, 3.8) is 0 Å². The van der Waals surface area contributed by atoms with Crippen molar-refractivity contribution >= 4 is 11.9 Å². The third kappa shape index (κ3) is 5.28. The lowest BCUT2D eigenvalue weighted by Crippen LogP contribution is -2.58. The van der Waals surface area contributed by atoms with Gasteiger partial charge in [0, 0.05) is 18.6 Å². The SMILES string of the molecule is CCNC(=O)NC(=O)C(C)N1CCCCC1C(C)NCC. The van der Waals surface area contributed by atoms with Crippen LogP contribution in [0.2, 0.25) is 0 Å². The quantitative estimate of drug-likeness (QED) is 0.686. The van der Waals surface area contributed by atoms with Crippen molar-refractivity contribution in [3.8, 4) is 0 Å². The van der Waals surface area contributed by atoms with Crippen LogP contribution in [0.3, 0.4) is 0 Å². The van der Waals surface area contributed by atoms with Gasteiger partial charge in [0.2, 0.25) is 5.91 Å². The summed E-state index contributed by atoms with van der Waals surface area (Å²) in [4.78, 5) is 25.9. The number of nitrogens with zero attached hydrogens (tertiary/aromatic N) is 1. The number of urea groups is 1. The molecule has 1 heterocycles. The molecule has 0 bridgehead atoms. The van der Waals surface area contributed by atoms with Crippen LogP contribution in [0.15, 0.2) is 0 Å². The van der Waals surface area contributed by atoms with Crippen LogP contribution in [0.1, 0.15) is 47.0 Å². The van der Waals surface area contributed by atoms with Gasteiger partial charge < -0.3 is 10.6 Å². The number of rotatable bonds is 6. The van der Waals surface area contributed by atoms with Gasteiger partial charge >= 0.3 is 6.03 Å². The molecule has 0 aliphatic carbocycles. The van der Waals surface area contributed by atoms with E-state index in [1.807, 2.05) is 13.8 Å². The minimum Gasteiger partial charge on any atom is -0.338 e. The van der Waals surface area contributed by atoms with Crippen molar-refractivity contribution in [3.05, 3.63) is 0 Å². The van der Waals surface area contributed by atoms with Gasteiger partial charge in [0.1, 0.15) is 0 Å². The number of carbonyl (C=O) groups is 2. The van der Waals surface area contributed by atoms with Gasteiger partial charge in [-0.1, -0.05) is 13.3 Å². The number of carbonyl (C=O) groups excluding carboxylic acids is 2. The first-order valence-corrected chi connectivity index (χ1v) is 8.09. The number of likely N-dealkylation sites (N-methyl/N-ethyl adjacent to an activating group) is 1. The highest BCUT2D eigenvalue weighted by molar-refractivity contribution is 5.96. The normalized spacial score (nSPS) is 22.4. The zero-order chi connectivity index (χ0) is 15.8. The third-order valence-electron chi connectivity index (χ3n) is 4.15. The lowest BCUT2D eigenvalue weighted by Gasteiger charge is -2.42. The lowest BCUT2D eigenvalue weighted by molar-refractivity contribution is -0.126. The van der Waals surface area contributed by atoms with Gasteiger partial charge in [-0.3, -0.25) is 15.0 Å². The molecule has 122 valence electrons. The van der Waals surface area contributed by atoms with Crippen molar-refractivity contribution in [1.29, 1.82) is 0 Å². The first-order chi connectivity index (χ1) is 10.0. The molecule has 6 heteroatoms. The Morgan fingerprint density at radius 2 is 1.90 bits per heavy atom. The van der Waals surface area contributed by atoms with Crippen LogP contribution in [0.4, 0.5) is 4.79 Å². The van der Waals surface area contributed by atoms with Crippen LogP contribution < -0.4 is 16.0 Å². The number of amides is 3. The zero-order valence-corrected chi connectivity index (χ0v) is 13.7. The number of hydrogen-bond donors (Lipinski definition) is 3. The van der Waals surface area contributed by atoms with E-state index in [2.05, 4.69) is 34.7 Å². The van der Waals surface area contributed by atoms with Crippen molar-refractivity contribution in [1.82, 2.24) is 20.9 Å². The Kier molecular flexibility index (Phi) is 7.67. The molecule has 0 spiro atoms. The van der Waals surface area contributed by atoms with Crippen LogP contribution in [0.25, 0.3) is 0 Å². The average Bonchev–Trinajstić information content (AvgIpc) is 2.46. The third-order valence-corrected chi connectivity index (χ3v) is 4.15. The molecule has 0 aromatic carbocycles. The average molecular weight is 298 g/mol. The van der Waals surface area contributed by atoms with Crippen molar-refractivity contribution < 1.29 is 9.59 Å². The van der Waals surface area contributed by atoms with Gasteiger partial charge in [-0.2, -0.15) is 0 Å². The topological polar surface area (TPSA) is 73.5 Å². The molecule has 6 nitrogen and oxygen atoms in total. The molecule has 1 fully saturated rings. The number of piperidine rings is 1. The van der Waals surface area contributed by atoms with Crippen molar-refractivity contribution in [2.24, 2.45) is 0 Å². The minimum absolute atomic E-state index is 0.225. The van der Waals surface area contributed by atoms with E-state index < -0.39 is 6.03 Å². The maximum absolute atomic E-state index is 12.2. The summed E-state index contributed by atoms with van der Waals surface area (Å²) in [5.74, 6) is -0.225. The van der Waals surface area contributed by atoms with Gasteiger partial charge in [-0.05, 0) is 46.7 Å². The fourth-order valence-corrected chi connectivity index (χ4v) is 3.03. The van der Waals surface area contributed by atoms with E-state index in [1.165, 1.54) is 6.42 Å². The van der Waals surface area contributed by atoms with Gasteiger partial charge in [-0.25, -0.2) is 4.79 Å². The second kappa shape index (κ2) is 9.00. The van der Waals surface area contributed by atoms with Crippen LogP contribution in [-0.4, -0.2) is 54.6 Å². The highest BCUT2D eigenvalue weighted by Gasteiger charge is 2.33. The zero-order valence-electron chi connectivity index (χ0n) is 13.7. The first-order valence-electron chi connectivity index (χ1n) is 8.09. The highest BCUT2D eigenvalue weighted by atomic mass is 16.2. The Labute approximate surface area is 128 Å². The fourth-order valence-electron chi connectivity index (χ4n) is 3.03. The van der Waals surface area contributed by atoms with Gasteiger partial charge in [-0.15, -0.1) is 0 Å². The molecule has 0 aromatic rings. The maximum atomic E-state index is 12.2. The largest absolute Gasteiger partial charge is 0.338 e. The van der Waals surface area contributed by atoms with Crippen molar-refractivity contribution in [2.75, 3.05) is 19.6 Å². The fraction of sp³-hybridized carbons (Fsp3) is 0.867. The summed E-state index contributed by atoms with van der Waals surface area (Å²) in [6.07, 6.45) is 3.39. The summed E-state index contributed by atoms with van der Waals surface area (Å²) in [6.45, 7) is 10.3. The molecule has 1 aliphatic rings. The summed E-state index contributed by atoms with van der Waals surface area (Å²) in [7, 11) is 0. The van der Waals surface area contributed by atoms with Gasteiger partial charge in [0.25, 0.3) is 0 Å². The molecule has 3 N–H and O–H groups in total. The summed E-state index contributed by atoms with van der Waals surface area (Å²) < 4.78 is 0. The molecule has 0 saturated carbocycles. The Morgan fingerprint density at radius 3 is 2.52 bits per heavy atom. The molecule has 0 radical (unpaired) electrons. The predicted molar refractivity (Wildman–Crippen MR) is 84.2 cm³/mol. The molecule has 1 rings (SSSR count). The smallest absolute Gasteiger partial charge is 0.321 e. The monoisotopic (exact) mass is 298 g/mol. The molecule has 1 aliphatic heterocycles. The van der Waals surface area contributed by atoms with Crippen LogP contribution in [0.5, 0.6) is 0 Å². The molecule has 0 aromatic heterocycles. The van der Waals surface area contributed by atoms with Crippen LogP contribution >= 0.6 is 0 Å². The molecule has 3 atom stereocenters. The Morgan fingerprint density at radius 1 is 1.19 bits per heavy atom. The Bertz CT molecular complexity index is 349. The first kappa shape index (κ1) is 17.9. The van der Waals surface area contributed by atoms with Gasteiger partial charge in [0.15, 0.2) is 0 Å². The molecule has 1 saturated heterocycles. The lowest BCUT2D eigenvalue weighted by atomic mass is 9.94. The molecule has 21 heavy (non-hydrogen) atoms. The number of nitrogens with one attached hydrogen (secondary N) is 3. The summed E-state index contributed by atoms with van der Waals surface area (Å²) in [5, 5.41) is 8.45. The standard InChI is InChI=1S/C15H30N4O2/c1-5-16-11(3)13-9-7-8-10-19(13)12(4)14(20)18-15(21)17-6-2/h11-13,16H,5-10H2,1-4H3,(H2,17,18,20,21). The van der Waals surface area contributed by atoms with E-state index in [9.17, 15) is 9.59 Å². The van der Waals surface area contributed by atoms with Crippen LogP contribution in [-0.2, 0) is 4.79 Å². The predicted octanol–water partition coefficient (Wildman–Crippen LogP) is 1.07. The maximum Gasteiger partial charge on any atom is 0.321 e. The van der Waals surface area contributed by atoms with E-state index in [0.717, 1.165) is 25.9 Å². The second-order valence-corrected chi connectivity index (χ2v) is 5.67. The summed E-state index contributed by atoms with van der Waals surface area (Å²) in [5.41, 5.74) is 0. The van der Waals surface area contributed by atoms with E-state index >= 15 is 0 Å².